The van der Waals surface area contributed by atoms with Crippen molar-refractivity contribution in [1.82, 2.24) is 0 Å². The van der Waals surface area contributed by atoms with Gasteiger partial charge in [0, 0.05) is 11.6 Å². The van der Waals surface area contributed by atoms with E-state index in [-0.39, 0.29) is 11.9 Å². The third kappa shape index (κ3) is 1.55. The van der Waals surface area contributed by atoms with Gasteiger partial charge in [0.2, 0.25) is 0 Å². The van der Waals surface area contributed by atoms with Crippen molar-refractivity contribution >= 4 is 0 Å². The molecule has 1 aliphatic rings. The highest BCUT2D eigenvalue weighted by Gasteiger charge is 2.27. The molecule has 1 aliphatic carbocycles. The Bertz CT molecular complexity index is 331. The summed E-state index contributed by atoms with van der Waals surface area (Å²) in [7, 11) is 0. The van der Waals surface area contributed by atoms with Crippen LogP contribution in [0.25, 0.3) is 0 Å². The lowest BCUT2D eigenvalue weighted by atomic mass is 9.77. The molecule has 76 valence electrons. The molecule has 1 aromatic carbocycles. The van der Waals surface area contributed by atoms with E-state index in [0.717, 1.165) is 12.8 Å². The average Bonchev–Trinajstić information content (AvgIpc) is 2.06. The van der Waals surface area contributed by atoms with Gasteiger partial charge in [-0.25, -0.2) is 4.39 Å². The third-order valence-corrected chi connectivity index (χ3v) is 3.24. The standard InChI is InChI=1S/C12H16FN/c1-8-4-2-7-10(11(8)13)12(14)9-5-3-6-9/h2,4,7,9,12H,3,5-6,14H2,1H3. The Labute approximate surface area is 84.1 Å². The molecular weight excluding hydrogens is 177 g/mol. The predicted molar refractivity (Wildman–Crippen MR) is 55.4 cm³/mol. The molecule has 0 heterocycles. The third-order valence-electron chi connectivity index (χ3n) is 3.24. The molecule has 0 saturated heterocycles. The minimum absolute atomic E-state index is 0.108. The molecule has 14 heavy (non-hydrogen) atoms. The van der Waals surface area contributed by atoms with Gasteiger partial charge in [-0.15, -0.1) is 0 Å². The van der Waals surface area contributed by atoms with Crippen LogP contribution in [0.3, 0.4) is 0 Å². The molecule has 0 aliphatic heterocycles. The smallest absolute Gasteiger partial charge is 0.130 e. The predicted octanol–water partition coefficient (Wildman–Crippen LogP) is 2.93. The largest absolute Gasteiger partial charge is 0.324 e. The lowest BCUT2D eigenvalue weighted by Gasteiger charge is -2.31. The van der Waals surface area contributed by atoms with Crippen LogP contribution in [-0.4, -0.2) is 0 Å². The van der Waals surface area contributed by atoms with Crippen LogP contribution in [-0.2, 0) is 0 Å². The maximum atomic E-state index is 13.7. The minimum Gasteiger partial charge on any atom is -0.324 e. The quantitative estimate of drug-likeness (QED) is 0.767. The van der Waals surface area contributed by atoms with Crippen molar-refractivity contribution in [2.45, 2.75) is 32.2 Å². The second-order valence-corrected chi connectivity index (χ2v) is 4.19. The highest BCUT2D eigenvalue weighted by atomic mass is 19.1. The monoisotopic (exact) mass is 193 g/mol. The molecule has 1 unspecified atom stereocenters. The molecular formula is C12H16FN. The van der Waals surface area contributed by atoms with Gasteiger partial charge in [0.25, 0.3) is 0 Å². The van der Waals surface area contributed by atoms with Crippen LogP contribution in [0.2, 0.25) is 0 Å². The summed E-state index contributed by atoms with van der Waals surface area (Å²) in [6.45, 7) is 1.78. The fourth-order valence-corrected chi connectivity index (χ4v) is 1.98. The van der Waals surface area contributed by atoms with Gasteiger partial charge in [-0.1, -0.05) is 24.6 Å². The Morgan fingerprint density at radius 2 is 2.14 bits per heavy atom. The van der Waals surface area contributed by atoms with Gasteiger partial charge in [-0.05, 0) is 31.2 Å². The van der Waals surface area contributed by atoms with E-state index in [1.807, 2.05) is 12.1 Å². The van der Waals surface area contributed by atoms with Gasteiger partial charge in [0.05, 0.1) is 0 Å². The van der Waals surface area contributed by atoms with E-state index >= 15 is 0 Å². The number of hydrogen-bond acceptors (Lipinski definition) is 1. The van der Waals surface area contributed by atoms with Crippen molar-refractivity contribution < 1.29 is 4.39 Å². The van der Waals surface area contributed by atoms with E-state index in [1.165, 1.54) is 6.42 Å². The minimum atomic E-state index is -0.119. The zero-order valence-electron chi connectivity index (χ0n) is 8.46. The summed E-state index contributed by atoms with van der Waals surface area (Å²) in [6, 6.07) is 5.37. The molecule has 1 saturated carbocycles. The van der Waals surface area contributed by atoms with Crippen molar-refractivity contribution in [2.24, 2.45) is 11.7 Å². The van der Waals surface area contributed by atoms with Crippen LogP contribution in [0.5, 0.6) is 0 Å². The number of halogens is 1. The van der Waals surface area contributed by atoms with Crippen LogP contribution in [0.15, 0.2) is 18.2 Å². The number of hydrogen-bond donors (Lipinski definition) is 1. The molecule has 1 atom stereocenters. The number of nitrogens with two attached hydrogens (primary N) is 1. The number of aryl methyl sites for hydroxylation is 1. The van der Waals surface area contributed by atoms with Crippen LogP contribution in [0.1, 0.15) is 36.4 Å². The summed E-state index contributed by atoms with van der Waals surface area (Å²) in [6.07, 6.45) is 3.54. The van der Waals surface area contributed by atoms with E-state index in [9.17, 15) is 4.39 Å². The second-order valence-electron chi connectivity index (χ2n) is 4.19. The molecule has 0 amide bonds. The molecule has 0 bridgehead atoms. The Morgan fingerprint density at radius 1 is 1.43 bits per heavy atom. The molecule has 2 rings (SSSR count). The maximum absolute atomic E-state index is 13.7. The van der Waals surface area contributed by atoms with Gasteiger partial charge < -0.3 is 5.73 Å². The highest BCUT2D eigenvalue weighted by molar-refractivity contribution is 5.28. The Kier molecular flexibility index (Phi) is 2.55. The van der Waals surface area contributed by atoms with Crippen LogP contribution < -0.4 is 5.73 Å². The van der Waals surface area contributed by atoms with Crippen LogP contribution in [0, 0.1) is 18.7 Å². The zero-order chi connectivity index (χ0) is 10.1. The topological polar surface area (TPSA) is 26.0 Å². The number of rotatable bonds is 2. The first-order chi connectivity index (χ1) is 6.70. The summed E-state index contributed by atoms with van der Waals surface area (Å²) in [5.41, 5.74) is 7.41. The van der Waals surface area contributed by atoms with Crippen LogP contribution in [0.4, 0.5) is 4.39 Å². The van der Waals surface area contributed by atoms with Crippen molar-refractivity contribution in [1.29, 1.82) is 0 Å². The molecule has 0 spiro atoms. The fraction of sp³-hybridized carbons (Fsp3) is 0.500. The van der Waals surface area contributed by atoms with E-state index in [4.69, 9.17) is 5.73 Å². The zero-order valence-corrected chi connectivity index (χ0v) is 8.46. The van der Waals surface area contributed by atoms with Crippen molar-refractivity contribution in [3.8, 4) is 0 Å². The SMILES string of the molecule is Cc1cccc(C(N)C2CCC2)c1F. The lowest BCUT2D eigenvalue weighted by Crippen LogP contribution is -2.27. The van der Waals surface area contributed by atoms with Gasteiger partial charge in [-0.3, -0.25) is 0 Å². The lowest BCUT2D eigenvalue weighted by molar-refractivity contribution is 0.260. The van der Waals surface area contributed by atoms with E-state index < -0.39 is 0 Å². The summed E-state index contributed by atoms with van der Waals surface area (Å²) in [5.74, 6) is 0.373. The summed E-state index contributed by atoms with van der Waals surface area (Å²) in [5, 5.41) is 0. The summed E-state index contributed by atoms with van der Waals surface area (Å²) < 4.78 is 13.7. The normalized spacial score (nSPS) is 19.1. The second kappa shape index (κ2) is 3.70. The molecule has 2 heteroatoms. The highest BCUT2D eigenvalue weighted by Crippen LogP contribution is 2.37. The Balaban J connectivity index is 2.26. The molecule has 0 radical (unpaired) electrons. The van der Waals surface area contributed by atoms with Crippen molar-refractivity contribution in [3.63, 3.8) is 0 Å². The number of benzene rings is 1. The first kappa shape index (κ1) is 9.66. The van der Waals surface area contributed by atoms with Crippen LogP contribution >= 0.6 is 0 Å². The van der Waals surface area contributed by atoms with E-state index in [2.05, 4.69) is 0 Å². The Morgan fingerprint density at radius 3 is 2.71 bits per heavy atom. The maximum Gasteiger partial charge on any atom is 0.130 e. The molecule has 1 aromatic rings. The first-order valence-corrected chi connectivity index (χ1v) is 5.20. The van der Waals surface area contributed by atoms with Gasteiger partial charge in [0.15, 0.2) is 0 Å². The van der Waals surface area contributed by atoms with Crippen molar-refractivity contribution in [2.75, 3.05) is 0 Å². The average molecular weight is 193 g/mol. The fourth-order valence-electron chi connectivity index (χ4n) is 1.98. The summed E-state index contributed by atoms with van der Waals surface area (Å²) >= 11 is 0. The van der Waals surface area contributed by atoms with Gasteiger partial charge in [-0.2, -0.15) is 0 Å². The summed E-state index contributed by atoms with van der Waals surface area (Å²) in [4.78, 5) is 0. The first-order valence-electron chi connectivity index (χ1n) is 5.20. The molecule has 1 nitrogen and oxygen atoms in total. The van der Waals surface area contributed by atoms with Gasteiger partial charge >= 0.3 is 0 Å². The molecule has 1 fully saturated rings. The van der Waals surface area contributed by atoms with E-state index in [1.54, 1.807) is 13.0 Å². The van der Waals surface area contributed by atoms with Crippen molar-refractivity contribution in [3.05, 3.63) is 35.1 Å². The molecule has 0 aromatic heterocycles. The Hall–Kier alpha value is -0.890. The molecule has 2 N–H and O–H groups in total. The van der Waals surface area contributed by atoms with Gasteiger partial charge in [0.1, 0.15) is 5.82 Å². The van der Waals surface area contributed by atoms with E-state index in [0.29, 0.717) is 17.0 Å².